The molecule has 1 amide bonds. The lowest BCUT2D eigenvalue weighted by atomic mass is 9.92. The summed E-state index contributed by atoms with van der Waals surface area (Å²) in [4.78, 5) is 18.5. The van der Waals surface area contributed by atoms with Crippen LogP contribution in [0.3, 0.4) is 0 Å². The fraction of sp³-hybridized carbons (Fsp3) is 0.212. The minimum atomic E-state index is -0.486. The van der Waals surface area contributed by atoms with E-state index in [4.69, 9.17) is 11.6 Å². The van der Waals surface area contributed by atoms with Crippen LogP contribution in [-0.2, 0) is 4.79 Å². The molecule has 1 aliphatic rings. The molecule has 0 spiro atoms. The van der Waals surface area contributed by atoms with Gasteiger partial charge in [-0.2, -0.15) is 0 Å². The van der Waals surface area contributed by atoms with E-state index in [0.717, 1.165) is 16.8 Å². The molecule has 0 radical (unpaired) electrons. The molecule has 1 aliphatic heterocycles. The molecule has 0 bridgehead atoms. The molecular weight excluding hydrogens is 511 g/mol. The number of aromatic hydroxyl groups is 1. The number of anilines is 1. The van der Waals surface area contributed by atoms with E-state index < -0.39 is 6.04 Å². The predicted molar refractivity (Wildman–Crippen MR) is 161 cm³/mol. The maximum Gasteiger partial charge on any atom is 0.251 e. The molecular formula is C33H34ClFN2O2. The molecule has 2 unspecified atom stereocenters. The second-order valence-electron chi connectivity index (χ2n) is 9.42. The normalized spacial score (nSPS) is 16.1. The van der Waals surface area contributed by atoms with E-state index in [1.807, 2.05) is 43.3 Å². The number of aliphatic imine (C=N–C) groups is 1. The third kappa shape index (κ3) is 7.33. The molecule has 202 valence electrons. The Morgan fingerprint density at radius 2 is 1.82 bits per heavy atom. The van der Waals surface area contributed by atoms with Crippen molar-refractivity contribution in [3.63, 3.8) is 0 Å². The van der Waals surface area contributed by atoms with E-state index in [2.05, 4.69) is 36.7 Å². The van der Waals surface area contributed by atoms with Crippen molar-refractivity contribution in [2.45, 2.75) is 39.7 Å². The number of carbonyl (C=O) groups excluding carboxylic acids is 1. The minimum absolute atomic E-state index is 0.0719. The molecule has 0 aliphatic carbocycles. The highest BCUT2D eigenvalue weighted by atomic mass is 35.5. The number of rotatable bonds is 5. The first-order chi connectivity index (χ1) is 18.5. The molecule has 3 aromatic carbocycles. The smallest absolute Gasteiger partial charge is 0.251 e. The summed E-state index contributed by atoms with van der Waals surface area (Å²) in [6.45, 7) is 10.9. The van der Waals surface area contributed by atoms with Crippen LogP contribution < -0.4 is 4.90 Å². The van der Waals surface area contributed by atoms with Gasteiger partial charge in [0, 0.05) is 29.1 Å². The molecule has 39 heavy (non-hydrogen) atoms. The lowest BCUT2D eigenvalue weighted by molar-refractivity contribution is -0.119. The number of aryl methyl sites for hydroxylation is 1. The Kier molecular flexibility index (Phi) is 10.0. The van der Waals surface area contributed by atoms with Crippen LogP contribution in [0.15, 0.2) is 108 Å². The number of phenols is 1. The van der Waals surface area contributed by atoms with Crippen LogP contribution in [0.4, 0.5) is 10.1 Å². The molecule has 2 atom stereocenters. The van der Waals surface area contributed by atoms with E-state index in [1.54, 1.807) is 56.1 Å². The molecule has 3 aromatic rings. The molecule has 1 N–H and O–H groups in total. The van der Waals surface area contributed by atoms with Crippen molar-refractivity contribution in [3.8, 4) is 5.75 Å². The number of phenolic OH excluding ortho intramolecular Hbond substituents is 1. The van der Waals surface area contributed by atoms with Crippen molar-refractivity contribution in [3.05, 3.63) is 130 Å². The van der Waals surface area contributed by atoms with Gasteiger partial charge in [0.1, 0.15) is 17.6 Å². The third-order valence-electron chi connectivity index (χ3n) is 6.53. The van der Waals surface area contributed by atoms with Crippen LogP contribution in [0.5, 0.6) is 5.75 Å². The van der Waals surface area contributed by atoms with Gasteiger partial charge in [-0.15, -0.1) is 0 Å². The third-order valence-corrected chi connectivity index (χ3v) is 6.77. The number of likely N-dealkylation sites (N-methyl/N-ethyl adjacent to an activating group) is 1. The number of carbonyl (C=O) groups is 1. The van der Waals surface area contributed by atoms with Gasteiger partial charge in [-0.25, -0.2) is 4.39 Å². The molecule has 1 heterocycles. The molecule has 0 aromatic heterocycles. The van der Waals surface area contributed by atoms with E-state index >= 15 is 0 Å². The van der Waals surface area contributed by atoms with Crippen molar-refractivity contribution in [1.29, 1.82) is 0 Å². The number of allylic oxidation sites excluding steroid dienone is 5. The van der Waals surface area contributed by atoms with Gasteiger partial charge < -0.3 is 10.0 Å². The topological polar surface area (TPSA) is 52.9 Å². The maximum absolute atomic E-state index is 13.0. The molecule has 0 fully saturated rings. The van der Waals surface area contributed by atoms with Gasteiger partial charge in [-0.3, -0.25) is 9.79 Å². The summed E-state index contributed by atoms with van der Waals surface area (Å²) >= 11 is 6.13. The summed E-state index contributed by atoms with van der Waals surface area (Å²) in [5.41, 5.74) is 6.11. The second kappa shape index (κ2) is 13.2. The minimum Gasteiger partial charge on any atom is -0.508 e. The maximum atomic E-state index is 13.0. The Morgan fingerprint density at radius 1 is 1.15 bits per heavy atom. The van der Waals surface area contributed by atoms with Crippen molar-refractivity contribution < 1.29 is 14.3 Å². The standard InChI is InChI=1S/C17H15ClN2O2.C16H19F/c1-10-17(22)20(2)15-8-5-12(18)9-14(15)16(19-10)11-3-6-13(21)7-4-11;1-5-8-15(11-13(3)14(4)17)16-10-7-6-9-12(16)2/h3-10,21H,1-2H3;5-11,15H,4H2,1-3H3/b;8-5-,13-11?. The first-order valence-corrected chi connectivity index (χ1v) is 13.1. The molecule has 4 nitrogen and oxygen atoms in total. The Labute approximate surface area is 235 Å². The van der Waals surface area contributed by atoms with Crippen LogP contribution in [0.2, 0.25) is 5.02 Å². The number of amides is 1. The zero-order valence-electron chi connectivity index (χ0n) is 23.0. The Balaban J connectivity index is 0.000000224. The number of hydrogen-bond donors (Lipinski definition) is 1. The summed E-state index contributed by atoms with van der Waals surface area (Å²) in [6, 6.07) is 19.8. The first kappa shape index (κ1) is 29.6. The number of hydrogen-bond acceptors (Lipinski definition) is 3. The highest BCUT2D eigenvalue weighted by Gasteiger charge is 2.27. The zero-order valence-corrected chi connectivity index (χ0v) is 23.7. The van der Waals surface area contributed by atoms with Gasteiger partial charge >= 0.3 is 0 Å². The number of benzene rings is 3. The van der Waals surface area contributed by atoms with Gasteiger partial charge in [0.05, 0.1) is 11.4 Å². The average Bonchev–Trinajstić information content (AvgIpc) is 2.99. The van der Waals surface area contributed by atoms with Gasteiger partial charge in [0.2, 0.25) is 0 Å². The Bertz CT molecular complexity index is 1440. The number of fused-ring (bicyclic) bond motifs is 1. The van der Waals surface area contributed by atoms with E-state index in [9.17, 15) is 14.3 Å². The summed E-state index contributed by atoms with van der Waals surface area (Å²) in [5.74, 6) is -0.148. The fourth-order valence-electron chi connectivity index (χ4n) is 4.33. The summed E-state index contributed by atoms with van der Waals surface area (Å²) < 4.78 is 13.0. The van der Waals surface area contributed by atoms with Crippen LogP contribution in [0.1, 0.15) is 48.9 Å². The van der Waals surface area contributed by atoms with Crippen LogP contribution >= 0.6 is 11.6 Å². The Hall–Kier alpha value is -3.96. The van der Waals surface area contributed by atoms with Crippen LogP contribution in [0.25, 0.3) is 0 Å². The van der Waals surface area contributed by atoms with E-state index in [0.29, 0.717) is 16.3 Å². The van der Waals surface area contributed by atoms with Gasteiger partial charge in [0.25, 0.3) is 5.91 Å². The predicted octanol–water partition coefficient (Wildman–Crippen LogP) is 8.33. The summed E-state index contributed by atoms with van der Waals surface area (Å²) in [5, 5.41) is 10.0. The summed E-state index contributed by atoms with van der Waals surface area (Å²) in [7, 11) is 1.74. The lowest BCUT2D eigenvalue weighted by Crippen LogP contribution is -2.32. The second-order valence-corrected chi connectivity index (χ2v) is 9.86. The zero-order chi connectivity index (χ0) is 28.7. The van der Waals surface area contributed by atoms with Crippen LogP contribution in [0, 0.1) is 6.92 Å². The van der Waals surface area contributed by atoms with Crippen LogP contribution in [-0.4, -0.2) is 29.8 Å². The van der Waals surface area contributed by atoms with Crippen molar-refractivity contribution >= 4 is 28.9 Å². The monoisotopic (exact) mass is 544 g/mol. The van der Waals surface area contributed by atoms with E-state index in [1.165, 1.54) is 11.1 Å². The van der Waals surface area contributed by atoms with E-state index in [-0.39, 0.29) is 23.4 Å². The van der Waals surface area contributed by atoms with Crippen molar-refractivity contribution in [1.82, 2.24) is 0 Å². The van der Waals surface area contributed by atoms with Gasteiger partial charge in [-0.05, 0) is 86.9 Å². The highest BCUT2D eigenvalue weighted by Crippen LogP contribution is 2.30. The summed E-state index contributed by atoms with van der Waals surface area (Å²) in [6.07, 6.45) is 5.96. The molecule has 4 rings (SSSR count). The highest BCUT2D eigenvalue weighted by molar-refractivity contribution is 6.32. The van der Waals surface area contributed by atoms with Crippen molar-refractivity contribution in [2.75, 3.05) is 11.9 Å². The number of halogens is 2. The van der Waals surface area contributed by atoms with Gasteiger partial charge in [-0.1, -0.05) is 60.7 Å². The lowest BCUT2D eigenvalue weighted by Gasteiger charge is -2.19. The fourth-order valence-corrected chi connectivity index (χ4v) is 4.51. The largest absolute Gasteiger partial charge is 0.508 e. The molecule has 0 saturated carbocycles. The van der Waals surface area contributed by atoms with Gasteiger partial charge in [0.15, 0.2) is 0 Å². The molecule has 6 heteroatoms. The average molecular weight is 545 g/mol. The molecule has 0 saturated heterocycles. The SMILES string of the molecule is C=C(F)C(C)=CC(/C=C\C)c1ccccc1C.CC1N=C(c2ccc(O)cc2)c2cc(Cl)ccc2N(C)C1=O. The van der Waals surface area contributed by atoms with Crippen molar-refractivity contribution in [2.24, 2.45) is 4.99 Å². The number of nitrogens with zero attached hydrogens (tertiary/aromatic N) is 2. The first-order valence-electron chi connectivity index (χ1n) is 12.7. The Morgan fingerprint density at radius 3 is 2.44 bits per heavy atom. The number of benzodiazepines with no additional fused rings is 1. The quantitative estimate of drug-likeness (QED) is 0.259.